The Balaban J connectivity index is 1.34. The minimum Gasteiger partial charge on any atom is -0.376 e. The Labute approximate surface area is 252 Å². The molecule has 4 fully saturated rings. The molecule has 2 heterocycles. The van der Waals surface area contributed by atoms with Crippen LogP contribution in [0, 0.1) is 23.2 Å². The van der Waals surface area contributed by atoms with E-state index in [2.05, 4.69) is 44.1 Å². The normalized spacial score (nSPS) is 38.0. The predicted molar refractivity (Wildman–Crippen MR) is 162 cm³/mol. The van der Waals surface area contributed by atoms with E-state index >= 15 is 0 Å². The lowest BCUT2D eigenvalue weighted by Gasteiger charge is -2.50. The van der Waals surface area contributed by atoms with Crippen molar-refractivity contribution in [3.8, 4) is 6.07 Å². The van der Waals surface area contributed by atoms with Gasteiger partial charge in [-0.2, -0.15) is 5.26 Å². The number of piperidine rings is 1. The summed E-state index contributed by atoms with van der Waals surface area (Å²) in [6.45, 7) is 10.1. The highest BCUT2D eigenvalue weighted by atomic mass is 35.5. The van der Waals surface area contributed by atoms with Crippen LogP contribution in [0.25, 0.3) is 0 Å². The smallest absolute Gasteiger partial charge is 0.220 e. The summed E-state index contributed by atoms with van der Waals surface area (Å²) in [5.74, 6) is 0.184. The molecular weight excluding hydrogens is 542 g/mol. The van der Waals surface area contributed by atoms with E-state index in [0.29, 0.717) is 26.2 Å². The molecule has 4 aliphatic rings. The van der Waals surface area contributed by atoms with Crippen LogP contribution in [-0.2, 0) is 14.3 Å². The number of nitrogens with one attached hydrogen (secondary N) is 4. The largest absolute Gasteiger partial charge is 0.376 e. The van der Waals surface area contributed by atoms with Gasteiger partial charge in [-0.3, -0.25) is 15.0 Å². The van der Waals surface area contributed by atoms with Gasteiger partial charge in [-0.1, -0.05) is 6.92 Å². The van der Waals surface area contributed by atoms with Crippen LogP contribution >= 0.6 is 11.6 Å². The fourth-order valence-electron chi connectivity index (χ4n) is 7.40. The van der Waals surface area contributed by atoms with Crippen LogP contribution < -0.4 is 21.3 Å². The molecule has 11 heteroatoms. The number of amides is 1. The van der Waals surface area contributed by atoms with E-state index in [1.807, 2.05) is 21.0 Å². The fourth-order valence-corrected chi connectivity index (χ4v) is 7.81. The molecule has 4 rings (SSSR count). The summed E-state index contributed by atoms with van der Waals surface area (Å²) in [6, 6.07) is 3.07. The zero-order chi connectivity index (χ0) is 29.4. The molecule has 0 radical (unpaired) electrons. The molecule has 2 aliphatic carbocycles. The Kier molecular flexibility index (Phi) is 13.0. The average molecular weight is 596 g/mol. The summed E-state index contributed by atoms with van der Waals surface area (Å²) in [7, 11) is 4.05. The molecule has 0 aromatic heterocycles. The molecule has 41 heavy (non-hydrogen) atoms. The monoisotopic (exact) mass is 595 g/mol. The first-order chi connectivity index (χ1) is 19.8. The maximum atomic E-state index is 12.9. The molecular formula is C30H54ClN7O3. The maximum absolute atomic E-state index is 12.9. The predicted octanol–water partition coefficient (Wildman–Crippen LogP) is 1.49. The minimum absolute atomic E-state index is 0.0244. The molecule has 0 aromatic carbocycles. The van der Waals surface area contributed by atoms with Crippen LogP contribution in [0.3, 0.4) is 0 Å². The number of carbonyl (C=O) groups excluding carboxylic acids is 1. The van der Waals surface area contributed by atoms with Crippen LogP contribution in [-0.4, -0.2) is 124 Å². The van der Waals surface area contributed by atoms with E-state index in [4.69, 9.17) is 21.1 Å². The van der Waals surface area contributed by atoms with Crippen LogP contribution in [0.5, 0.6) is 0 Å². The van der Waals surface area contributed by atoms with Gasteiger partial charge in [-0.25, -0.2) is 0 Å². The number of carbonyl (C=O) groups is 1. The van der Waals surface area contributed by atoms with Gasteiger partial charge in [0, 0.05) is 50.8 Å². The molecule has 2 saturated carbocycles. The standard InChI is InChI=1S/C30H54ClN7O3/c1-5-38-13-11-33-28(38)19-41-26-10-9-21(14-23(26)31)35-30-20(17-32)18-34-24-16-27(40-6-2)25(15-22(24)30)36-29(39)8-7-12-37(3)4/h20-28,30,33-35H,5-16,18-19H2,1-4H3,(H,36,39). The van der Waals surface area contributed by atoms with Gasteiger partial charge in [0.15, 0.2) is 0 Å². The number of alkyl halides is 1. The zero-order valence-electron chi connectivity index (χ0n) is 25.6. The van der Waals surface area contributed by atoms with Gasteiger partial charge >= 0.3 is 0 Å². The Hall–Kier alpha value is -1.03. The number of rotatable bonds is 13. The summed E-state index contributed by atoms with van der Waals surface area (Å²) in [5, 5.41) is 24.4. The van der Waals surface area contributed by atoms with E-state index < -0.39 is 0 Å². The zero-order valence-corrected chi connectivity index (χ0v) is 26.4. The minimum atomic E-state index is -0.132. The summed E-state index contributed by atoms with van der Waals surface area (Å²) in [5.41, 5.74) is 0. The molecule has 0 spiro atoms. The first-order valence-corrected chi connectivity index (χ1v) is 16.4. The lowest BCUT2D eigenvalue weighted by molar-refractivity contribution is -0.124. The SMILES string of the molecule is CCOC1CC2NCC(C#N)C(NC3CCC(OCC4NCCN4CC)C(Cl)C3)C2CC1NC(=O)CCCN(C)C. The Morgan fingerprint density at radius 2 is 1.98 bits per heavy atom. The number of fused-ring (bicyclic) bond motifs is 1. The summed E-state index contributed by atoms with van der Waals surface area (Å²) in [6.07, 6.45) is 6.00. The third-order valence-corrected chi connectivity index (χ3v) is 10.1. The van der Waals surface area contributed by atoms with E-state index in [1.165, 1.54) is 0 Å². The van der Waals surface area contributed by atoms with Crippen molar-refractivity contribution in [1.82, 2.24) is 31.1 Å². The topological polar surface area (TPSA) is 114 Å². The van der Waals surface area contributed by atoms with Crippen molar-refractivity contribution in [2.75, 3.05) is 60.0 Å². The number of hydrogen-bond acceptors (Lipinski definition) is 9. The first-order valence-electron chi connectivity index (χ1n) is 16.0. The highest BCUT2D eigenvalue weighted by molar-refractivity contribution is 6.21. The van der Waals surface area contributed by atoms with Crippen LogP contribution in [0.2, 0.25) is 0 Å². The third-order valence-electron chi connectivity index (χ3n) is 9.61. The molecule has 0 bridgehead atoms. The van der Waals surface area contributed by atoms with E-state index in [1.54, 1.807) is 0 Å². The molecule has 234 valence electrons. The van der Waals surface area contributed by atoms with Crippen molar-refractivity contribution in [3.63, 3.8) is 0 Å². The molecule has 10 unspecified atom stereocenters. The van der Waals surface area contributed by atoms with E-state index in [9.17, 15) is 10.1 Å². The van der Waals surface area contributed by atoms with E-state index in [0.717, 1.165) is 64.7 Å². The first kappa shape index (κ1) is 32.9. The molecule has 10 atom stereocenters. The molecule has 4 N–H and O–H groups in total. The highest BCUT2D eigenvalue weighted by Gasteiger charge is 2.47. The van der Waals surface area contributed by atoms with E-state index in [-0.39, 0.29) is 65.7 Å². The number of hydrogen-bond donors (Lipinski definition) is 4. The number of nitrogens with zero attached hydrogens (tertiary/aromatic N) is 3. The molecule has 0 aromatic rings. The number of halogens is 1. The average Bonchev–Trinajstić information content (AvgIpc) is 3.41. The lowest BCUT2D eigenvalue weighted by atomic mass is 9.69. The summed E-state index contributed by atoms with van der Waals surface area (Å²) in [4.78, 5) is 17.4. The van der Waals surface area contributed by atoms with Gasteiger partial charge in [-0.15, -0.1) is 11.6 Å². The second-order valence-electron chi connectivity index (χ2n) is 12.6. The molecule has 2 aliphatic heterocycles. The Morgan fingerprint density at radius 1 is 1.15 bits per heavy atom. The Bertz CT molecular complexity index is 860. The van der Waals surface area contributed by atoms with Crippen molar-refractivity contribution in [3.05, 3.63) is 0 Å². The second kappa shape index (κ2) is 16.2. The van der Waals surface area contributed by atoms with Crippen LogP contribution in [0.1, 0.15) is 58.8 Å². The van der Waals surface area contributed by atoms with Crippen LogP contribution in [0.15, 0.2) is 0 Å². The second-order valence-corrected chi connectivity index (χ2v) is 13.2. The van der Waals surface area contributed by atoms with Crippen molar-refractivity contribution in [2.45, 2.75) is 107 Å². The van der Waals surface area contributed by atoms with Crippen molar-refractivity contribution in [1.29, 1.82) is 5.26 Å². The van der Waals surface area contributed by atoms with Crippen LogP contribution in [0.4, 0.5) is 0 Å². The molecule has 10 nitrogen and oxygen atoms in total. The summed E-state index contributed by atoms with van der Waals surface area (Å²) >= 11 is 6.91. The molecule has 2 saturated heterocycles. The van der Waals surface area contributed by atoms with Gasteiger partial charge in [0.05, 0.1) is 48.4 Å². The van der Waals surface area contributed by atoms with Gasteiger partial charge < -0.3 is 30.3 Å². The fraction of sp³-hybridized carbons (Fsp3) is 0.933. The third kappa shape index (κ3) is 8.99. The maximum Gasteiger partial charge on any atom is 0.220 e. The number of nitriles is 1. The molecule has 1 amide bonds. The van der Waals surface area contributed by atoms with Crippen molar-refractivity contribution < 1.29 is 14.3 Å². The number of ether oxygens (including phenoxy) is 2. The quantitative estimate of drug-likeness (QED) is 0.235. The van der Waals surface area contributed by atoms with Gasteiger partial charge in [0.1, 0.15) is 0 Å². The van der Waals surface area contributed by atoms with Gasteiger partial charge in [-0.05, 0) is 78.6 Å². The number of likely N-dealkylation sites (N-methyl/N-ethyl adjacent to an activating group) is 1. The van der Waals surface area contributed by atoms with Crippen molar-refractivity contribution in [2.24, 2.45) is 11.8 Å². The highest BCUT2D eigenvalue weighted by Crippen LogP contribution is 2.36. The Morgan fingerprint density at radius 3 is 2.68 bits per heavy atom. The summed E-state index contributed by atoms with van der Waals surface area (Å²) < 4.78 is 12.5. The van der Waals surface area contributed by atoms with Gasteiger partial charge in [0.25, 0.3) is 0 Å². The van der Waals surface area contributed by atoms with Gasteiger partial charge in [0.2, 0.25) is 5.91 Å². The lowest BCUT2D eigenvalue weighted by Crippen LogP contribution is -2.66. The van der Waals surface area contributed by atoms with Crippen molar-refractivity contribution >= 4 is 17.5 Å².